The number of phosphoric ester groups is 2. The summed E-state index contributed by atoms with van der Waals surface area (Å²) in [5.41, 5.74) is 0. The van der Waals surface area contributed by atoms with Crippen LogP contribution in [0.3, 0.4) is 0 Å². The van der Waals surface area contributed by atoms with Gasteiger partial charge in [0.25, 0.3) is 0 Å². The molecular weight excluding hydrogens is 1330 g/mol. The fourth-order valence-corrected chi connectivity index (χ4v) is 14.5. The van der Waals surface area contributed by atoms with Crippen LogP contribution < -0.4 is 0 Å². The molecule has 0 rings (SSSR count). The lowest BCUT2D eigenvalue weighted by Crippen LogP contribution is -2.30. The molecule has 0 aromatic rings. The Morgan fingerprint density at radius 2 is 0.451 bits per heavy atom. The van der Waals surface area contributed by atoms with Crippen molar-refractivity contribution >= 4 is 39.5 Å². The first-order valence-corrected chi connectivity index (χ1v) is 46.0. The summed E-state index contributed by atoms with van der Waals surface area (Å²) in [5, 5.41) is 10.6. The fraction of sp³-hybridized carbons (Fsp3) is 0.952. The molecule has 5 atom stereocenters. The maximum Gasteiger partial charge on any atom is 0.472 e. The monoisotopic (exact) mass is 1490 g/mol. The minimum Gasteiger partial charge on any atom is -0.462 e. The summed E-state index contributed by atoms with van der Waals surface area (Å²) in [6.07, 6.45) is 65.7. The second kappa shape index (κ2) is 74.5. The van der Waals surface area contributed by atoms with E-state index in [2.05, 4.69) is 41.5 Å². The number of rotatable bonds is 82. The van der Waals surface area contributed by atoms with Gasteiger partial charge in [-0.25, -0.2) is 9.13 Å². The summed E-state index contributed by atoms with van der Waals surface area (Å²) in [6.45, 7) is 9.60. The zero-order valence-corrected chi connectivity index (χ0v) is 68.7. The van der Waals surface area contributed by atoms with Crippen LogP contribution in [-0.2, 0) is 65.4 Å². The molecule has 606 valence electrons. The topological polar surface area (TPSA) is 237 Å². The Balaban J connectivity index is 5.14. The van der Waals surface area contributed by atoms with Crippen molar-refractivity contribution in [1.29, 1.82) is 0 Å². The molecule has 0 aliphatic carbocycles. The summed E-state index contributed by atoms with van der Waals surface area (Å²) in [6, 6.07) is 0. The highest BCUT2D eigenvalue weighted by Gasteiger charge is 2.30. The molecule has 0 amide bonds. The maximum atomic E-state index is 13.1. The van der Waals surface area contributed by atoms with E-state index in [1.165, 1.54) is 244 Å². The summed E-state index contributed by atoms with van der Waals surface area (Å²) in [5.74, 6) is -0.554. The molecule has 0 spiro atoms. The molecule has 17 nitrogen and oxygen atoms in total. The van der Waals surface area contributed by atoms with Gasteiger partial charge < -0.3 is 33.8 Å². The van der Waals surface area contributed by atoms with E-state index in [1.807, 2.05) is 0 Å². The first-order chi connectivity index (χ1) is 49.4. The summed E-state index contributed by atoms with van der Waals surface area (Å²) in [7, 11) is -9.91. The maximum absolute atomic E-state index is 13.1. The van der Waals surface area contributed by atoms with Crippen LogP contribution >= 0.6 is 15.6 Å². The number of unbranched alkanes of at least 4 members (excludes halogenated alkanes) is 52. The van der Waals surface area contributed by atoms with Crippen molar-refractivity contribution in [2.75, 3.05) is 39.6 Å². The molecule has 0 aromatic heterocycles. The number of carbonyl (C=O) groups excluding carboxylic acids is 4. The van der Waals surface area contributed by atoms with Gasteiger partial charge in [0.05, 0.1) is 26.4 Å². The average Bonchev–Trinajstić information content (AvgIpc) is 0.914. The molecule has 0 aliphatic rings. The van der Waals surface area contributed by atoms with E-state index < -0.39 is 97.5 Å². The Kier molecular flexibility index (Phi) is 73.1. The lowest BCUT2D eigenvalue weighted by molar-refractivity contribution is -0.161. The van der Waals surface area contributed by atoms with Crippen molar-refractivity contribution in [2.45, 2.75) is 458 Å². The third-order valence-corrected chi connectivity index (χ3v) is 21.4. The highest BCUT2D eigenvalue weighted by atomic mass is 31.2. The molecule has 0 aromatic carbocycles. The van der Waals surface area contributed by atoms with E-state index in [1.54, 1.807) is 0 Å². The second-order valence-electron chi connectivity index (χ2n) is 30.8. The molecule has 102 heavy (non-hydrogen) atoms. The number of esters is 4. The molecule has 19 heteroatoms. The zero-order valence-electron chi connectivity index (χ0n) is 66.9. The van der Waals surface area contributed by atoms with Crippen molar-refractivity contribution in [3.8, 4) is 0 Å². The standard InChI is InChI=1S/C83H162O17P2/c1-7-9-11-13-15-16-17-18-19-20-21-22-23-24-29-32-35-38-43-49-55-61-67-82(87)100-79(72-94-81(86)66-60-54-48-42-37-34-31-28-26-25-27-30-33-36-40-46-51-57-63-75(3)4)74-98-102(91,92)96-70-77(84)69-95-101(89,90)97-73-78(71-93-80(85)65-59-53-45-14-12-10-8-2)99-83(88)68-62-56-50-44-39-41-47-52-58-64-76(5)6/h75-79,84H,7-74H2,1-6H3,(H,89,90)(H,91,92)/t77-,78+,79+/m0/s1. The average molecular weight is 1490 g/mol. The van der Waals surface area contributed by atoms with Gasteiger partial charge in [0.2, 0.25) is 0 Å². The van der Waals surface area contributed by atoms with E-state index in [4.69, 9.17) is 37.0 Å². The Bertz CT molecular complexity index is 1960. The summed E-state index contributed by atoms with van der Waals surface area (Å²) in [4.78, 5) is 72.9. The van der Waals surface area contributed by atoms with Gasteiger partial charge in [0, 0.05) is 25.7 Å². The van der Waals surface area contributed by atoms with Crippen molar-refractivity contribution < 1.29 is 80.2 Å². The number of aliphatic hydroxyl groups excluding tert-OH is 1. The van der Waals surface area contributed by atoms with Gasteiger partial charge in [-0.1, -0.05) is 388 Å². The van der Waals surface area contributed by atoms with Crippen LogP contribution in [0, 0.1) is 11.8 Å². The smallest absolute Gasteiger partial charge is 0.462 e. The van der Waals surface area contributed by atoms with Gasteiger partial charge in [-0.3, -0.25) is 37.3 Å². The van der Waals surface area contributed by atoms with Crippen LogP contribution in [0.5, 0.6) is 0 Å². The van der Waals surface area contributed by atoms with E-state index in [0.717, 1.165) is 115 Å². The summed E-state index contributed by atoms with van der Waals surface area (Å²) >= 11 is 0. The summed E-state index contributed by atoms with van der Waals surface area (Å²) < 4.78 is 68.6. The number of carbonyl (C=O) groups is 4. The van der Waals surface area contributed by atoms with E-state index in [-0.39, 0.29) is 25.7 Å². The quantitative estimate of drug-likeness (QED) is 0.0222. The van der Waals surface area contributed by atoms with Crippen LogP contribution in [0.2, 0.25) is 0 Å². The lowest BCUT2D eigenvalue weighted by atomic mass is 10.0. The highest BCUT2D eigenvalue weighted by Crippen LogP contribution is 2.45. The highest BCUT2D eigenvalue weighted by molar-refractivity contribution is 7.47. The first-order valence-electron chi connectivity index (χ1n) is 43.0. The number of aliphatic hydroxyl groups is 1. The molecule has 0 fully saturated rings. The van der Waals surface area contributed by atoms with Crippen LogP contribution in [0.4, 0.5) is 0 Å². The van der Waals surface area contributed by atoms with Gasteiger partial charge in [0.15, 0.2) is 12.2 Å². The third-order valence-electron chi connectivity index (χ3n) is 19.5. The van der Waals surface area contributed by atoms with Crippen LogP contribution in [0.1, 0.15) is 440 Å². The van der Waals surface area contributed by atoms with Crippen molar-refractivity contribution in [2.24, 2.45) is 11.8 Å². The fourth-order valence-electron chi connectivity index (χ4n) is 12.9. The minimum absolute atomic E-state index is 0.105. The molecule has 0 saturated carbocycles. The number of ether oxygens (including phenoxy) is 4. The molecule has 0 aliphatic heterocycles. The predicted molar refractivity (Wildman–Crippen MR) is 418 cm³/mol. The number of hydrogen-bond donors (Lipinski definition) is 3. The lowest BCUT2D eigenvalue weighted by Gasteiger charge is -2.21. The van der Waals surface area contributed by atoms with Crippen LogP contribution in [-0.4, -0.2) is 96.7 Å². The molecule has 0 radical (unpaired) electrons. The second-order valence-corrected chi connectivity index (χ2v) is 33.7. The van der Waals surface area contributed by atoms with Crippen LogP contribution in [0.15, 0.2) is 0 Å². The van der Waals surface area contributed by atoms with Gasteiger partial charge in [0.1, 0.15) is 19.3 Å². The van der Waals surface area contributed by atoms with E-state index in [0.29, 0.717) is 25.7 Å². The Hall–Kier alpha value is -1.94. The SMILES string of the molecule is CCCCCCCCCCCCCCCCCCCCCCCCC(=O)O[C@H](COC(=O)CCCCCCCCCCCCCCCCCCCCC(C)C)COP(=O)(O)OC[C@@H](O)COP(=O)(O)OC[C@@H](COC(=O)CCCCCCCCC)OC(=O)CCCCCCCCCCCC(C)C. The van der Waals surface area contributed by atoms with Gasteiger partial charge in [-0.15, -0.1) is 0 Å². The van der Waals surface area contributed by atoms with Crippen molar-refractivity contribution in [3.05, 3.63) is 0 Å². The largest absolute Gasteiger partial charge is 0.472 e. The van der Waals surface area contributed by atoms with Crippen LogP contribution in [0.25, 0.3) is 0 Å². The van der Waals surface area contributed by atoms with Gasteiger partial charge in [-0.05, 0) is 37.5 Å². The molecule has 0 heterocycles. The Morgan fingerprint density at radius 3 is 0.667 bits per heavy atom. The normalized spacial score (nSPS) is 13.9. The third kappa shape index (κ3) is 76.3. The molecule has 2 unspecified atom stereocenters. The zero-order chi connectivity index (χ0) is 74.9. The Morgan fingerprint density at radius 1 is 0.265 bits per heavy atom. The molecule has 3 N–H and O–H groups in total. The predicted octanol–water partition coefficient (Wildman–Crippen LogP) is 25.1. The van der Waals surface area contributed by atoms with E-state index >= 15 is 0 Å². The van der Waals surface area contributed by atoms with Gasteiger partial charge >= 0.3 is 39.5 Å². The minimum atomic E-state index is -4.96. The van der Waals surface area contributed by atoms with Crippen molar-refractivity contribution in [3.63, 3.8) is 0 Å². The van der Waals surface area contributed by atoms with Gasteiger partial charge in [-0.2, -0.15) is 0 Å². The molecule has 0 saturated heterocycles. The first kappa shape index (κ1) is 100. The molecular formula is C83H162O17P2. The Labute approximate surface area is 626 Å². The van der Waals surface area contributed by atoms with E-state index in [9.17, 15) is 43.2 Å². The number of hydrogen-bond acceptors (Lipinski definition) is 15. The number of phosphoric acid groups is 2. The molecule has 0 bridgehead atoms. The van der Waals surface area contributed by atoms with Crippen molar-refractivity contribution in [1.82, 2.24) is 0 Å².